The number of nitrogens with one attached hydrogen (secondary N) is 1. The summed E-state index contributed by atoms with van der Waals surface area (Å²) < 4.78 is 53.0. The Morgan fingerprint density at radius 3 is 1.71 bits per heavy atom. The SMILES string of the molecule is CC(C)(C)OC(=O)N1CCN(CC(F)F)CC1.Cl.FC(F)CN1CCNCC1. The van der Waals surface area contributed by atoms with Gasteiger partial charge < -0.3 is 15.0 Å². The van der Waals surface area contributed by atoms with E-state index in [4.69, 9.17) is 4.74 Å². The number of hydrogen-bond donors (Lipinski definition) is 1. The Kier molecular flexibility index (Phi) is 13.0. The molecule has 0 atom stereocenters. The smallest absolute Gasteiger partial charge is 0.410 e. The fourth-order valence-electron chi connectivity index (χ4n) is 2.72. The van der Waals surface area contributed by atoms with Crippen molar-refractivity contribution in [3.05, 3.63) is 0 Å². The van der Waals surface area contributed by atoms with Crippen LogP contribution in [-0.2, 0) is 4.74 Å². The fourth-order valence-corrected chi connectivity index (χ4v) is 2.72. The first-order valence-electron chi connectivity index (χ1n) is 9.26. The molecule has 2 aliphatic rings. The maximum absolute atomic E-state index is 12.2. The second-order valence-electron chi connectivity index (χ2n) is 7.60. The summed E-state index contributed by atoms with van der Waals surface area (Å²) >= 11 is 0. The van der Waals surface area contributed by atoms with E-state index in [1.165, 1.54) is 0 Å². The first kappa shape index (κ1) is 27.2. The van der Waals surface area contributed by atoms with Gasteiger partial charge >= 0.3 is 6.09 Å². The van der Waals surface area contributed by atoms with E-state index in [0.29, 0.717) is 26.2 Å². The van der Waals surface area contributed by atoms with Crippen molar-refractivity contribution in [1.29, 1.82) is 0 Å². The number of hydrogen-bond acceptors (Lipinski definition) is 5. The molecule has 0 radical (unpaired) electrons. The van der Waals surface area contributed by atoms with Crippen LogP contribution in [-0.4, -0.2) is 105 Å². The summed E-state index contributed by atoms with van der Waals surface area (Å²) in [6, 6.07) is 0. The van der Waals surface area contributed by atoms with Gasteiger partial charge in [-0.3, -0.25) is 9.80 Å². The Bertz CT molecular complexity index is 428. The van der Waals surface area contributed by atoms with Gasteiger partial charge in [0.05, 0.1) is 13.1 Å². The Labute approximate surface area is 170 Å². The van der Waals surface area contributed by atoms with Crippen LogP contribution in [0.15, 0.2) is 0 Å². The zero-order valence-corrected chi connectivity index (χ0v) is 17.6. The van der Waals surface area contributed by atoms with E-state index in [2.05, 4.69) is 5.32 Å². The van der Waals surface area contributed by atoms with Crippen molar-refractivity contribution in [1.82, 2.24) is 20.0 Å². The van der Waals surface area contributed by atoms with Gasteiger partial charge in [-0.05, 0) is 20.8 Å². The number of ether oxygens (including phenoxy) is 1. The maximum Gasteiger partial charge on any atom is 0.410 e. The minimum atomic E-state index is -2.32. The average molecular weight is 437 g/mol. The molecule has 6 nitrogen and oxygen atoms in total. The number of amides is 1. The number of carbonyl (C=O) groups is 1. The molecule has 0 spiro atoms. The van der Waals surface area contributed by atoms with E-state index < -0.39 is 18.5 Å². The highest BCUT2D eigenvalue weighted by molar-refractivity contribution is 5.85. The summed E-state index contributed by atoms with van der Waals surface area (Å²) in [6.45, 7) is 10.2. The summed E-state index contributed by atoms with van der Waals surface area (Å²) in [4.78, 5) is 16.7. The molecule has 28 heavy (non-hydrogen) atoms. The average Bonchev–Trinajstić information content (AvgIpc) is 2.54. The van der Waals surface area contributed by atoms with Gasteiger partial charge in [0.15, 0.2) is 0 Å². The molecule has 0 aliphatic carbocycles. The first-order chi connectivity index (χ1) is 12.6. The van der Waals surface area contributed by atoms with E-state index in [1.54, 1.807) is 35.5 Å². The molecule has 2 fully saturated rings. The van der Waals surface area contributed by atoms with Crippen molar-refractivity contribution in [2.75, 3.05) is 65.4 Å². The van der Waals surface area contributed by atoms with Crippen LogP contribution >= 0.6 is 12.4 Å². The van der Waals surface area contributed by atoms with Crippen LogP contribution in [0.25, 0.3) is 0 Å². The van der Waals surface area contributed by atoms with Gasteiger partial charge in [-0.15, -0.1) is 12.4 Å². The lowest BCUT2D eigenvalue weighted by Gasteiger charge is -2.35. The third-order valence-corrected chi connectivity index (χ3v) is 4.03. The molecule has 0 unspecified atom stereocenters. The van der Waals surface area contributed by atoms with Crippen LogP contribution in [0.4, 0.5) is 22.4 Å². The van der Waals surface area contributed by atoms with Gasteiger partial charge in [0, 0.05) is 52.4 Å². The maximum atomic E-state index is 12.2. The van der Waals surface area contributed by atoms with Crippen molar-refractivity contribution in [3.63, 3.8) is 0 Å². The molecule has 0 aromatic carbocycles. The van der Waals surface area contributed by atoms with Crippen LogP contribution < -0.4 is 5.32 Å². The minimum Gasteiger partial charge on any atom is -0.444 e. The highest BCUT2D eigenvalue weighted by Gasteiger charge is 2.26. The second kappa shape index (κ2) is 13.4. The molecular weight excluding hydrogens is 404 g/mol. The molecule has 0 saturated carbocycles. The zero-order valence-electron chi connectivity index (χ0n) is 16.8. The number of nitrogens with zero attached hydrogens (tertiary/aromatic N) is 3. The van der Waals surface area contributed by atoms with Crippen molar-refractivity contribution in [2.24, 2.45) is 0 Å². The van der Waals surface area contributed by atoms with Gasteiger partial charge in [0.1, 0.15) is 5.60 Å². The van der Waals surface area contributed by atoms with Crippen LogP contribution in [0.1, 0.15) is 20.8 Å². The van der Waals surface area contributed by atoms with Crippen LogP contribution in [0, 0.1) is 0 Å². The van der Waals surface area contributed by atoms with Crippen molar-refractivity contribution in [3.8, 4) is 0 Å². The molecule has 2 heterocycles. The summed E-state index contributed by atoms with van der Waals surface area (Å²) in [7, 11) is 0. The van der Waals surface area contributed by atoms with Gasteiger partial charge in [-0.25, -0.2) is 22.4 Å². The molecule has 2 aliphatic heterocycles. The van der Waals surface area contributed by atoms with E-state index >= 15 is 0 Å². The molecule has 168 valence electrons. The highest BCUT2D eigenvalue weighted by Crippen LogP contribution is 2.12. The van der Waals surface area contributed by atoms with Gasteiger partial charge in [-0.1, -0.05) is 0 Å². The van der Waals surface area contributed by atoms with Crippen LogP contribution in [0.2, 0.25) is 0 Å². The summed E-state index contributed by atoms with van der Waals surface area (Å²) in [6.07, 6.45) is -4.87. The molecular formula is C17H33ClF4N4O2. The largest absolute Gasteiger partial charge is 0.444 e. The number of piperazine rings is 2. The molecule has 2 rings (SSSR count). The number of halogens is 5. The van der Waals surface area contributed by atoms with Crippen molar-refractivity contribution >= 4 is 18.5 Å². The molecule has 0 aromatic heterocycles. The predicted octanol–water partition coefficient (Wildman–Crippen LogP) is 2.38. The fraction of sp³-hybridized carbons (Fsp3) is 0.941. The first-order valence-corrected chi connectivity index (χ1v) is 9.26. The molecule has 1 N–H and O–H groups in total. The molecule has 0 bridgehead atoms. The third kappa shape index (κ3) is 12.6. The standard InChI is InChI=1S/C11H20F2N2O2.C6H12F2N2.ClH/c1-11(2,3)17-10(16)15-6-4-14(5-7-15)8-9(12)13;7-6(8)5-10-3-1-9-2-4-10;/h9H,4-8H2,1-3H3;6,9H,1-5H2;1H. The Balaban J connectivity index is 0.000000567. The molecule has 2 saturated heterocycles. The molecule has 11 heteroatoms. The number of rotatable bonds is 4. The minimum absolute atomic E-state index is 0. The lowest BCUT2D eigenvalue weighted by atomic mass is 10.2. The topological polar surface area (TPSA) is 48.1 Å². The summed E-state index contributed by atoms with van der Waals surface area (Å²) in [5.74, 6) is 0. The highest BCUT2D eigenvalue weighted by atomic mass is 35.5. The third-order valence-electron chi connectivity index (χ3n) is 4.03. The normalized spacial score (nSPS) is 19.1. The van der Waals surface area contributed by atoms with Crippen molar-refractivity contribution < 1.29 is 27.1 Å². The molecule has 1 amide bonds. The van der Waals surface area contributed by atoms with Gasteiger partial charge in [-0.2, -0.15) is 0 Å². The van der Waals surface area contributed by atoms with Crippen LogP contribution in [0.3, 0.4) is 0 Å². The van der Waals surface area contributed by atoms with E-state index in [9.17, 15) is 22.4 Å². The summed E-state index contributed by atoms with van der Waals surface area (Å²) in [5.41, 5.74) is -0.517. The predicted molar refractivity (Wildman–Crippen MR) is 103 cm³/mol. The Morgan fingerprint density at radius 2 is 1.32 bits per heavy atom. The van der Waals surface area contributed by atoms with Gasteiger partial charge in [0.25, 0.3) is 12.9 Å². The Morgan fingerprint density at radius 1 is 0.893 bits per heavy atom. The van der Waals surface area contributed by atoms with Crippen LogP contribution in [0.5, 0.6) is 0 Å². The lowest BCUT2D eigenvalue weighted by molar-refractivity contribution is 0.00802. The zero-order chi connectivity index (χ0) is 20.4. The monoisotopic (exact) mass is 436 g/mol. The second-order valence-corrected chi connectivity index (χ2v) is 7.60. The van der Waals surface area contributed by atoms with Gasteiger partial charge in [0.2, 0.25) is 0 Å². The lowest BCUT2D eigenvalue weighted by Crippen LogP contribution is -2.50. The Hall–Kier alpha value is -0.840. The van der Waals surface area contributed by atoms with E-state index in [0.717, 1.165) is 26.2 Å². The summed E-state index contributed by atoms with van der Waals surface area (Å²) in [5, 5.41) is 3.10. The quantitative estimate of drug-likeness (QED) is 0.686. The molecule has 0 aromatic rings. The van der Waals surface area contributed by atoms with E-state index in [-0.39, 0.29) is 31.6 Å². The van der Waals surface area contributed by atoms with Crippen molar-refractivity contribution in [2.45, 2.75) is 39.2 Å². The number of alkyl halides is 4. The van der Waals surface area contributed by atoms with E-state index in [1.807, 2.05) is 0 Å². The number of carbonyl (C=O) groups excluding carboxylic acids is 1.